The maximum Gasteiger partial charge on any atom is 0.149 e. The molecular formula is C7H12N2O. The highest BCUT2D eigenvalue weighted by atomic mass is 16.1. The van der Waals surface area contributed by atoms with Crippen LogP contribution in [0.3, 0.4) is 0 Å². The lowest BCUT2D eigenvalue weighted by Crippen LogP contribution is -2.11. The van der Waals surface area contributed by atoms with Crippen LogP contribution in [0.25, 0.3) is 0 Å². The van der Waals surface area contributed by atoms with E-state index in [0.29, 0.717) is 11.9 Å². The molecule has 0 saturated carbocycles. The maximum absolute atomic E-state index is 10.2. The molecule has 0 saturated heterocycles. The SMILES string of the molecule is CC(N)/C=C(C=O)\C=C/N. The van der Waals surface area contributed by atoms with Crippen LogP contribution in [-0.2, 0) is 4.79 Å². The molecule has 3 heteroatoms. The van der Waals surface area contributed by atoms with E-state index in [0.717, 1.165) is 0 Å². The predicted molar refractivity (Wildman–Crippen MR) is 41.1 cm³/mol. The van der Waals surface area contributed by atoms with Crippen molar-refractivity contribution in [3.63, 3.8) is 0 Å². The second-order valence-corrected chi connectivity index (χ2v) is 2.00. The van der Waals surface area contributed by atoms with E-state index in [2.05, 4.69) is 0 Å². The number of carbonyl (C=O) groups is 1. The summed E-state index contributed by atoms with van der Waals surface area (Å²) in [6.45, 7) is 1.79. The van der Waals surface area contributed by atoms with Crippen molar-refractivity contribution < 1.29 is 4.79 Å². The Balaban J connectivity index is 4.18. The molecule has 56 valence electrons. The zero-order chi connectivity index (χ0) is 7.98. The van der Waals surface area contributed by atoms with Gasteiger partial charge in [-0.25, -0.2) is 0 Å². The molecule has 10 heavy (non-hydrogen) atoms. The Morgan fingerprint density at radius 2 is 2.20 bits per heavy atom. The number of rotatable bonds is 3. The first-order valence-corrected chi connectivity index (χ1v) is 3.01. The van der Waals surface area contributed by atoms with Gasteiger partial charge in [0.05, 0.1) is 0 Å². The fourth-order valence-electron chi connectivity index (χ4n) is 0.549. The fraction of sp³-hybridized carbons (Fsp3) is 0.286. The van der Waals surface area contributed by atoms with Gasteiger partial charge in [-0.15, -0.1) is 0 Å². The average molecular weight is 140 g/mol. The summed E-state index contributed by atoms with van der Waals surface area (Å²) >= 11 is 0. The Bertz CT molecular complexity index is 159. The van der Waals surface area contributed by atoms with Gasteiger partial charge in [-0.1, -0.05) is 6.08 Å². The molecule has 0 bridgehead atoms. The van der Waals surface area contributed by atoms with E-state index in [4.69, 9.17) is 11.5 Å². The third-order valence-corrected chi connectivity index (χ3v) is 0.880. The lowest BCUT2D eigenvalue weighted by Gasteiger charge is -1.94. The second-order valence-electron chi connectivity index (χ2n) is 2.00. The highest BCUT2D eigenvalue weighted by Gasteiger charge is 1.90. The van der Waals surface area contributed by atoms with E-state index in [9.17, 15) is 4.79 Å². The van der Waals surface area contributed by atoms with Gasteiger partial charge in [0.2, 0.25) is 0 Å². The highest BCUT2D eigenvalue weighted by molar-refractivity contribution is 5.77. The van der Waals surface area contributed by atoms with Crippen molar-refractivity contribution in [2.75, 3.05) is 0 Å². The van der Waals surface area contributed by atoms with Gasteiger partial charge in [-0.05, 0) is 19.2 Å². The van der Waals surface area contributed by atoms with Crippen molar-refractivity contribution >= 4 is 6.29 Å². The third kappa shape index (κ3) is 3.86. The van der Waals surface area contributed by atoms with E-state index < -0.39 is 0 Å². The average Bonchev–Trinajstić information content (AvgIpc) is 1.86. The van der Waals surface area contributed by atoms with Crippen molar-refractivity contribution in [1.29, 1.82) is 0 Å². The Hall–Kier alpha value is -1.09. The molecule has 0 aromatic rings. The molecule has 0 spiro atoms. The summed E-state index contributed by atoms with van der Waals surface area (Å²) in [6, 6.07) is -0.114. The summed E-state index contributed by atoms with van der Waals surface area (Å²) in [7, 11) is 0. The minimum atomic E-state index is -0.114. The summed E-state index contributed by atoms with van der Waals surface area (Å²) in [6.07, 6.45) is 5.17. The maximum atomic E-state index is 10.2. The largest absolute Gasteiger partial charge is 0.405 e. The lowest BCUT2D eigenvalue weighted by atomic mass is 10.2. The standard InChI is InChI=1S/C7H12N2O/c1-6(9)4-7(5-10)2-3-8/h2-6H,8-9H2,1H3/b3-2-,7-4+. The molecule has 0 fully saturated rings. The highest BCUT2D eigenvalue weighted by Crippen LogP contribution is 1.92. The Morgan fingerprint density at radius 1 is 1.60 bits per heavy atom. The molecular weight excluding hydrogens is 128 g/mol. The van der Waals surface area contributed by atoms with Gasteiger partial charge < -0.3 is 11.5 Å². The van der Waals surface area contributed by atoms with Crippen LogP contribution in [0.4, 0.5) is 0 Å². The van der Waals surface area contributed by atoms with Crippen LogP contribution < -0.4 is 11.5 Å². The molecule has 1 unspecified atom stereocenters. The third-order valence-electron chi connectivity index (χ3n) is 0.880. The second kappa shape index (κ2) is 4.76. The van der Waals surface area contributed by atoms with Crippen LogP contribution in [0.2, 0.25) is 0 Å². The molecule has 0 aliphatic carbocycles. The van der Waals surface area contributed by atoms with Crippen molar-refractivity contribution in [1.82, 2.24) is 0 Å². The number of aldehydes is 1. The van der Waals surface area contributed by atoms with Gasteiger partial charge in [-0.2, -0.15) is 0 Å². The normalized spacial score (nSPS) is 15.6. The quantitative estimate of drug-likeness (QED) is 0.327. The van der Waals surface area contributed by atoms with Crippen LogP contribution in [0.15, 0.2) is 23.9 Å². The van der Waals surface area contributed by atoms with Crippen molar-refractivity contribution in [3.8, 4) is 0 Å². The molecule has 0 aliphatic rings. The van der Waals surface area contributed by atoms with E-state index in [1.807, 2.05) is 0 Å². The van der Waals surface area contributed by atoms with Gasteiger partial charge in [0.15, 0.2) is 0 Å². The van der Waals surface area contributed by atoms with Gasteiger partial charge in [0.25, 0.3) is 0 Å². The first kappa shape index (κ1) is 8.91. The van der Waals surface area contributed by atoms with Crippen molar-refractivity contribution in [3.05, 3.63) is 23.9 Å². The molecule has 0 radical (unpaired) electrons. The summed E-state index contributed by atoms with van der Waals surface area (Å²) in [5, 5.41) is 0. The van der Waals surface area contributed by atoms with E-state index in [-0.39, 0.29) is 6.04 Å². The van der Waals surface area contributed by atoms with Gasteiger partial charge >= 0.3 is 0 Å². The summed E-state index contributed by atoms with van der Waals surface area (Å²) < 4.78 is 0. The van der Waals surface area contributed by atoms with Crippen molar-refractivity contribution in [2.24, 2.45) is 11.5 Å². The summed E-state index contributed by atoms with van der Waals surface area (Å²) in [5.41, 5.74) is 11.0. The van der Waals surface area contributed by atoms with Gasteiger partial charge in [0, 0.05) is 11.6 Å². The summed E-state index contributed by atoms with van der Waals surface area (Å²) in [4.78, 5) is 10.2. The van der Waals surface area contributed by atoms with E-state index in [1.165, 1.54) is 12.3 Å². The number of hydrogen-bond acceptors (Lipinski definition) is 3. The van der Waals surface area contributed by atoms with Gasteiger partial charge in [0.1, 0.15) is 6.29 Å². The van der Waals surface area contributed by atoms with Crippen LogP contribution in [-0.4, -0.2) is 12.3 Å². The number of carbonyl (C=O) groups excluding carboxylic acids is 1. The van der Waals surface area contributed by atoms with Crippen LogP contribution in [0.1, 0.15) is 6.92 Å². The molecule has 0 aliphatic heterocycles. The fourth-order valence-corrected chi connectivity index (χ4v) is 0.549. The minimum Gasteiger partial charge on any atom is -0.405 e. The smallest absolute Gasteiger partial charge is 0.149 e. The van der Waals surface area contributed by atoms with Gasteiger partial charge in [-0.3, -0.25) is 4.79 Å². The van der Waals surface area contributed by atoms with E-state index in [1.54, 1.807) is 13.0 Å². The zero-order valence-electron chi connectivity index (χ0n) is 5.95. The van der Waals surface area contributed by atoms with Crippen LogP contribution in [0.5, 0.6) is 0 Å². The molecule has 0 rings (SSSR count). The molecule has 0 aromatic carbocycles. The Kier molecular flexibility index (Phi) is 4.24. The predicted octanol–water partition coefficient (Wildman–Crippen LogP) is -0.0687. The number of hydrogen-bond donors (Lipinski definition) is 2. The molecule has 0 amide bonds. The van der Waals surface area contributed by atoms with E-state index >= 15 is 0 Å². The van der Waals surface area contributed by atoms with Crippen LogP contribution in [0, 0.1) is 0 Å². The van der Waals surface area contributed by atoms with Crippen molar-refractivity contribution in [2.45, 2.75) is 13.0 Å². The molecule has 4 N–H and O–H groups in total. The first-order chi connectivity index (χ1) is 4.70. The monoisotopic (exact) mass is 140 g/mol. The first-order valence-electron chi connectivity index (χ1n) is 3.01. The minimum absolute atomic E-state index is 0.114. The Labute approximate surface area is 60.4 Å². The Morgan fingerprint density at radius 3 is 2.50 bits per heavy atom. The molecule has 0 heterocycles. The lowest BCUT2D eigenvalue weighted by molar-refractivity contribution is -0.104. The van der Waals surface area contributed by atoms with Crippen LogP contribution >= 0.6 is 0 Å². The zero-order valence-corrected chi connectivity index (χ0v) is 5.95. The number of allylic oxidation sites excluding steroid dienone is 2. The molecule has 3 nitrogen and oxygen atoms in total. The molecule has 0 aromatic heterocycles. The molecule has 1 atom stereocenters. The topological polar surface area (TPSA) is 69.1 Å². The summed E-state index contributed by atoms with van der Waals surface area (Å²) in [5.74, 6) is 0. The number of nitrogens with two attached hydrogens (primary N) is 2.